The summed E-state index contributed by atoms with van der Waals surface area (Å²) in [6, 6.07) is 13.6. The monoisotopic (exact) mass is 452 g/mol. The van der Waals surface area contributed by atoms with Gasteiger partial charge >= 0.3 is 0 Å². The molecule has 1 saturated heterocycles. The average Bonchev–Trinajstić information content (AvgIpc) is 3.07. The standard InChI is InChI=1S/C24H22Cl2N4O/c25-18-7-3-6-17(21(18)26)22(31)19-13-29-20(14-28-19)30-10-8-24(9-11-30)12-15-4-1-2-5-16(15)23(24)27/h1-7,13-14,23H,8-12,27H2/t23-/m1/s1. The molecule has 0 unspecified atom stereocenters. The molecule has 7 heteroatoms. The number of piperidine rings is 1. The van der Waals surface area contributed by atoms with Crippen LogP contribution in [0.5, 0.6) is 0 Å². The molecule has 0 saturated carbocycles. The number of hydrogen-bond donors (Lipinski definition) is 1. The van der Waals surface area contributed by atoms with Gasteiger partial charge in [-0.3, -0.25) is 4.79 Å². The first-order valence-electron chi connectivity index (χ1n) is 10.4. The van der Waals surface area contributed by atoms with Crippen LogP contribution in [-0.2, 0) is 6.42 Å². The van der Waals surface area contributed by atoms with E-state index in [1.807, 2.05) is 0 Å². The van der Waals surface area contributed by atoms with E-state index in [-0.39, 0.29) is 28.0 Å². The third-order valence-electron chi connectivity index (χ3n) is 6.74. The van der Waals surface area contributed by atoms with Crippen LogP contribution in [0.15, 0.2) is 54.9 Å². The van der Waals surface area contributed by atoms with Gasteiger partial charge in [-0.25, -0.2) is 9.97 Å². The Kier molecular flexibility index (Phi) is 5.21. The highest BCUT2D eigenvalue weighted by atomic mass is 35.5. The third kappa shape index (κ3) is 3.51. The van der Waals surface area contributed by atoms with E-state index in [0.717, 1.165) is 38.2 Å². The van der Waals surface area contributed by atoms with E-state index in [2.05, 4.69) is 39.1 Å². The first kappa shape index (κ1) is 20.4. The average molecular weight is 453 g/mol. The molecular formula is C24H22Cl2N4O. The molecule has 1 spiro atoms. The molecule has 3 aromatic rings. The van der Waals surface area contributed by atoms with Crippen LogP contribution >= 0.6 is 23.2 Å². The topological polar surface area (TPSA) is 72.1 Å². The van der Waals surface area contributed by atoms with Crippen molar-refractivity contribution in [3.05, 3.63) is 87.3 Å². The summed E-state index contributed by atoms with van der Waals surface area (Å²) in [4.78, 5) is 23.8. The van der Waals surface area contributed by atoms with Crippen LogP contribution in [0.3, 0.4) is 0 Å². The zero-order valence-corrected chi connectivity index (χ0v) is 18.4. The smallest absolute Gasteiger partial charge is 0.214 e. The fraction of sp³-hybridized carbons (Fsp3) is 0.292. The van der Waals surface area contributed by atoms with Gasteiger partial charge in [0.25, 0.3) is 0 Å². The van der Waals surface area contributed by atoms with Gasteiger partial charge in [0, 0.05) is 24.7 Å². The number of halogens is 2. The third-order valence-corrected chi connectivity index (χ3v) is 7.56. The van der Waals surface area contributed by atoms with E-state index < -0.39 is 0 Å². The molecule has 2 N–H and O–H groups in total. The van der Waals surface area contributed by atoms with E-state index in [0.29, 0.717) is 10.6 Å². The number of fused-ring (bicyclic) bond motifs is 1. The normalized spacial score (nSPS) is 19.5. The number of aromatic nitrogens is 2. The number of ketones is 1. The summed E-state index contributed by atoms with van der Waals surface area (Å²) in [5, 5.41) is 0.571. The predicted molar refractivity (Wildman–Crippen MR) is 123 cm³/mol. The fourth-order valence-electron chi connectivity index (χ4n) is 4.91. The molecule has 31 heavy (non-hydrogen) atoms. The van der Waals surface area contributed by atoms with Crippen LogP contribution < -0.4 is 10.6 Å². The van der Waals surface area contributed by atoms with E-state index >= 15 is 0 Å². The number of hydrogen-bond acceptors (Lipinski definition) is 5. The summed E-state index contributed by atoms with van der Waals surface area (Å²) < 4.78 is 0. The summed E-state index contributed by atoms with van der Waals surface area (Å²) in [6.07, 6.45) is 6.22. The Hall–Kier alpha value is -2.47. The molecule has 5 rings (SSSR count). The maximum absolute atomic E-state index is 12.7. The van der Waals surface area contributed by atoms with E-state index in [1.54, 1.807) is 24.4 Å². The second kappa shape index (κ2) is 7.90. The molecular weight excluding hydrogens is 431 g/mol. The first-order chi connectivity index (χ1) is 15.0. The number of benzene rings is 2. The second-order valence-corrected chi connectivity index (χ2v) is 9.18. The van der Waals surface area contributed by atoms with Gasteiger partial charge in [0.05, 0.1) is 22.4 Å². The highest BCUT2D eigenvalue weighted by Crippen LogP contribution is 2.50. The molecule has 0 amide bonds. The largest absolute Gasteiger partial charge is 0.355 e. The summed E-state index contributed by atoms with van der Waals surface area (Å²) in [6.45, 7) is 1.73. The number of anilines is 1. The summed E-state index contributed by atoms with van der Waals surface area (Å²) in [7, 11) is 0. The lowest BCUT2D eigenvalue weighted by molar-refractivity contribution is 0.103. The molecule has 2 aliphatic rings. The maximum atomic E-state index is 12.7. The molecule has 158 valence electrons. The van der Waals surface area contributed by atoms with Crippen molar-refractivity contribution >= 4 is 34.8 Å². The fourth-order valence-corrected chi connectivity index (χ4v) is 5.29. The van der Waals surface area contributed by atoms with Crippen LogP contribution in [0, 0.1) is 5.41 Å². The lowest BCUT2D eigenvalue weighted by Crippen LogP contribution is -2.44. The number of carbonyl (C=O) groups excluding carboxylic acids is 1. The SMILES string of the molecule is N[C@@H]1c2ccccc2CC12CCN(c1cnc(C(=O)c3cccc(Cl)c3Cl)cn1)CC2. The Morgan fingerprint density at radius 1 is 1.03 bits per heavy atom. The lowest BCUT2D eigenvalue weighted by Gasteiger charge is -2.42. The van der Waals surface area contributed by atoms with Crippen LogP contribution in [0.25, 0.3) is 0 Å². The van der Waals surface area contributed by atoms with Gasteiger partial charge in [-0.05, 0) is 47.9 Å². The molecule has 2 aromatic carbocycles. The minimum Gasteiger partial charge on any atom is -0.355 e. The number of nitrogens with two attached hydrogens (primary N) is 1. The van der Waals surface area contributed by atoms with E-state index in [9.17, 15) is 4.79 Å². The van der Waals surface area contributed by atoms with Crippen molar-refractivity contribution in [2.24, 2.45) is 11.1 Å². The maximum Gasteiger partial charge on any atom is 0.214 e. The molecule has 1 aliphatic carbocycles. The zero-order valence-electron chi connectivity index (χ0n) is 16.9. The summed E-state index contributed by atoms with van der Waals surface area (Å²) >= 11 is 12.2. The second-order valence-electron chi connectivity index (χ2n) is 8.39. The molecule has 2 heterocycles. The van der Waals surface area contributed by atoms with Gasteiger partial charge in [-0.1, -0.05) is 53.5 Å². The van der Waals surface area contributed by atoms with Gasteiger partial charge in [0.2, 0.25) is 5.78 Å². The molecule has 1 fully saturated rings. The van der Waals surface area contributed by atoms with Crippen molar-refractivity contribution in [2.45, 2.75) is 25.3 Å². The van der Waals surface area contributed by atoms with Crippen molar-refractivity contribution in [1.29, 1.82) is 0 Å². The quantitative estimate of drug-likeness (QED) is 0.574. The van der Waals surface area contributed by atoms with Gasteiger partial charge in [0.1, 0.15) is 11.5 Å². The minimum atomic E-state index is -0.293. The Morgan fingerprint density at radius 2 is 1.81 bits per heavy atom. The lowest BCUT2D eigenvalue weighted by atomic mass is 9.73. The molecule has 0 bridgehead atoms. The van der Waals surface area contributed by atoms with E-state index in [1.165, 1.54) is 17.3 Å². The van der Waals surface area contributed by atoms with Crippen molar-refractivity contribution in [2.75, 3.05) is 18.0 Å². The highest BCUT2D eigenvalue weighted by Gasteiger charge is 2.45. The van der Waals surface area contributed by atoms with E-state index in [4.69, 9.17) is 28.9 Å². The van der Waals surface area contributed by atoms with Gasteiger partial charge in [-0.15, -0.1) is 0 Å². The minimum absolute atomic E-state index is 0.0828. The van der Waals surface area contributed by atoms with Crippen molar-refractivity contribution in [3.63, 3.8) is 0 Å². The van der Waals surface area contributed by atoms with Crippen LogP contribution in [-0.4, -0.2) is 28.8 Å². The molecule has 1 aromatic heterocycles. The summed E-state index contributed by atoms with van der Waals surface area (Å²) in [5.41, 5.74) is 10.0. The first-order valence-corrected chi connectivity index (χ1v) is 11.1. The summed E-state index contributed by atoms with van der Waals surface area (Å²) in [5.74, 6) is 0.478. The Balaban J connectivity index is 1.29. The van der Waals surface area contributed by atoms with Gasteiger partial charge < -0.3 is 10.6 Å². The Morgan fingerprint density at radius 3 is 2.52 bits per heavy atom. The molecule has 5 nitrogen and oxygen atoms in total. The van der Waals surface area contributed by atoms with Gasteiger partial charge in [-0.2, -0.15) is 0 Å². The molecule has 0 radical (unpaired) electrons. The van der Waals surface area contributed by atoms with Crippen LogP contribution in [0.1, 0.15) is 46.1 Å². The van der Waals surface area contributed by atoms with Crippen molar-refractivity contribution in [1.82, 2.24) is 9.97 Å². The Labute approximate surface area is 191 Å². The molecule has 1 aliphatic heterocycles. The highest BCUT2D eigenvalue weighted by molar-refractivity contribution is 6.44. The molecule has 1 atom stereocenters. The number of nitrogens with zero attached hydrogens (tertiary/aromatic N) is 3. The zero-order chi connectivity index (χ0) is 21.6. The van der Waals surface area contributed by atoms with Crippen molar-refractivity contribution in [3.8, 4) is 0 Å². The van der Waals surface area contributed by atoms with Crippen molar-refractivity contribution < 1.29 is 4.79 Å². The van der Waals surface area contributed by atoms with Gasteiger partial charge in [0.15, 0.2) is 0 Å². The predicted octanol–water partition coefficient (Wildman–Crippen LogP) is 4.86. The van der Waals surface area contributed by atoms with Crippen LogP contribution in [0.4, 0.5) is 5.82 Å². The number of rotatable bonds is 3. The number of carbonyl (C=O) groups is 1. The van der Waals surface area contributed by atoms with Crippen LogP contribution in [0.2, 0.25) is 10.0 Å². The Bertz CT molecular complexity index is 1140.